The van der Waals surface area contributed by atoms with Crippen LogP contribution in [0.15, 0.2) is 24.3 Å². The van der Waals surface area contributed by atoms with E-state index < -0.39 is 0 Å². The van der Waals surface area contributed by atoms with Crippen molar-refractivity contribution in [1.82, 2.24) is 9.88 Å². The Labute approximate surface area is 123 Å². The first kappa shape index (κ1) is 14.1. The minimum absolute atomic E-state index is 0.300. The van der Waals surface area contributed by atoms with Crippen LogP contribution in [0.25, 0.3) is 10.9 Å². The number of esters is 1. The molecule has 1 aromatic carbocycles. The maximum absolute atomic E-state index is 11.8. The van der Waals surface area contributed by atoms with Crippen LogP contribution in [0, 0.1) is 0 Å². The Hall–Kier alpha value is -1.85. The fourth-order valence-electron chi connectivity index (χ4n) is 2.67. The molecule has 2 heterocycles. The second kappa shape index (κ2) is 6.28. The molecular formula is C16H20N2O3. The van der Waals surface area contributed by atoms with E-state index >= 15 is 0 Å². The molecule has 0 spiro atoms. The van der Waals surface area contributed by atoms with E-state index in [1.807, 2.05) is 25.1 Å². The van der Waals surface area contributed by atoms with Gasteiger partial charge in [-0.05, 0) is 24.6 Å². The molecule has 1 aromatic heterocycles. The molecule has 0 radical (unpaired) electrons. The van der Waals surface area contributed by atoms with Gasteiger partial charge in [0.25, 0.3) is 0 Å². The summed E-state index contributed by atoms with van der Waals surface area (Å²) in [4.78, 5) is 17.3. The summed E-state index contributed by atoms with van der Waals surface area (Å²) in [5, 5.41) is 1.09. The summed E-state index contributed by atoms with van der Waals surface area (Å²) in [5.74, 6) is -0.300. The Morgan fingerprint density at radius 1 is 1.38 bits per heavy atom. The molecular weight excluding hydrogens is 268 g/mol. The SMILES string of the molecule is CCOC(=O)c1cc2c(CN3CCOCC3)cccc2[nH]1. The highest BCUT2D eigenvalue weighted by atomic mass is 16.5. The number of rotatable bonds is 4. The van der Waals surface area contributed by atoms with Crippen LogP contribution >= 0.6 is 0 Å². The molecule has 2 aromatic rings. The molecule has 112 valence electrons. The van der Waals surface area contributed by atoms with Crippen molar-refractivity contribution >= 4 is 16.9 Å². The number of benzene rings is 1. The van der Waals surface area contributed by atoms with Gasteiger partial charge in [0, 0.05) is 30.5 Å². The first-order chi connectivity index (χ1) is 10.3. The van der Waals surface area contributed by atoms with Gasteiger partial charge in [0.1, 0.15) is 5.69 Å². The fourth-order valence-corrected chi connectivity index (χ4v) is 2.67. The van der Waals surface area contributed by atoms with Crippen molar-refractivity contribution in [1.29, 1.82) is 0 Å². The van der Waals surface area contributed by atoms with Crippen LogP contribution in [-0.4, -0.2) is 48.8 Å². The summed E-state index contributed by atoms with van der Waals surface area (Å²) in [6, 6.07) is 8.01. The Kier molecular flexibility index (Phi) is 4.22. The molecule has 0 saturated carbocycles. The third-order valence-corrected chi connectivity index (χ3v) is 3.75. The summed E-state index contributed by atoms with van der Waals surface area (Å²) in [6.07, 6.45) is 0. The van der Waals surface area contributed by atoms with Gasteiger partial charge in [-0.2, -0.15) is 0 Å². The third-order valence-electron chi connectivity index (χ3n) is 3.75. The lowest BCUT2D eigenvalue weighted by molar-refractivity contribution is 0.0344. The molecule has 1 aliphatic rings. The van der Waals surface area contributed by atoms with E-state index in [0.29, 0.717) is 12.3 Å². The van der Waals surface area contributed by atoms with E-state index in [2.05, 4.69) is 16.0 Å². The van der Waals surface area contributed by atoms with Crippen molar-refractivity contribution in [3.8, 4) is 0 Å². The monoisotopic (exact) mass is 288 g/mol. The van der Waals surface area contributed by atoms with Crippen molar-refractivity contribution in [2.24, 2.45) is 0 Å². The van der Waals surface area contributed by atoms with Crippen LogP contribution in [0.2, 0.25) is 0 Å². The van der Waals surface area contributed by atoms with E-state index in [1.54, 1.807) is 0 Å². The van der Waals surface area contributed by atoms with Crippen LogP contribution in [0.4, 0.5) is 0 Å². The van der Waals surface area contributed by atoms with E-state index in [0.717, 1.165) is 43.8 Å². The van der Waals surface area contributed by atoms with Gasteiger partial charge in [-0.25, -0.2) is 4.79 Å². The highest BCUT2D eigenvalue weighted by Crippen LogP contribution is 2.22. The first-order valence-electron chi connectivity index (χ1n) is 7.35. The Bertz CT molecular complexity index is 629. The number of hydrogen-bond acceptors (Lipinski definition) is 4. The van der Waals surface area contributed by atoms with E-state index in [9.17, 15) is 4.79 Å². The molecule has 1 aliphatic heterocycles. The predicted octanol–water partition coefficient (Wildman–Crippen LogP) is 2.18. The average molecular weight is 288 g/mol. The molecule has 1 fully saturated rings. The molecule has 5 heteroatoms. The lowest BCUT2D eigenvalue weighted by Crippen LogP contribution is -2.35. The highest BCUT2D eigenvalue weighted by Gasteiger charge is 2.15. The predicted molar refractivity (Wildman–Crippen MR) is 80.4 cm³/mol. The molecule has 0 unspecified atom stereocenters. The van der Waals surface area contributed by atoms with E-state index in [-0.39, 0.29) is 5.97 Å². The van der Waals surface area contributed by atoms with Gasteiger partial charge in [0.15, 0.2) is 0 Å². The lowest BCUT2D eigenvalue weighted by atomic mass is 10.1. The topological polar surface area (TPSA) is 54.6 Å². The van der Waals surface area contributed by atoms with Crippen LogP contribution < -0.4 is 0 Å². The summed E-state index contributed by atoms with van der Waals surface area (Å²) in [5.41, 5.74) is 2.71. The summed E-state index contributed by atoms with van der Waals surface area (Å²) in [6.45, 7) is 6.55. The third kappa shape index (κ3) is 3.09. The number of nitrogens with zero attached hydrogens (tertiary/aromatic N) is 1. The Balaban J connectivity index is 1.86. The van der Waals surface area contributed by atoms with Crippen molar-refractivity contribution in [2.45, 2.75) is 13.5 Å². The second-order valence-electron chi connectivity index (χ2n) is 5.17. The number of aromatic nitrogens is 1. The highest BCUT2D eigenvalue weighted by molar-refractivity contribution is 5.95. The number of fused-ring (bicyclic) bond motifs is 1. The molecule has 0 atom stereocenters. The molecule has 1 N–H and O–H groups in total. The zero-order valence-corrected chi connectivity index (χ0v) is 12.2. The maximum atomic E-state index is 11.8. The number of H-pyrrole nitrogens is 1. The number of nitrogens with one attached hydrogen (secondary N) is 1. The maximum Gasteiger partial charge on any atom is 0.354 e. The smallest absolute Gasteiger partial charge is 0.354 e. The minimum Gasteiger partial charge on any atom is -0.461 e. The van der Waals surface area contributed by atoms with Crippen molar-refractivity contribution < 1.29 is 14.3 Å². The van der Waals surface area contributed by atoms with Gasteiger partial charge in [-0.3, -0.25) is 4.90 Å². The number of morpholine rings is 1. The van der Waals surface area contributed by atoms with Gasteiger partial charge in [0.2, 0.25) is 0 Å². The van der Waals surface area contributed by atoms with Crippen LogP contribution in [0.3, 0.4) is 0 Å². The molecule has 5 nitrogen and oxygen atoms in total. The Morgan fingerprint density at radius 3 is 2.95 bits per heavy atom. The van der Waals surface area contributed by atoms with Crippen molar-refractivity contribution in [3.63, 3.8) is 0 Å². The number of carbonyl (C=O) groups excluding carboxylic acids is 1. The number of hydrogen-bond donors (Lipinski definition) is 1. The first-order valence-corrected chi connectivity index (χ1v) is 7.35. The molecule has 0 bridgehead atoms. The number of ether oxygens (including phenoxy) is 2. The van der Waals surface area contributed by atoms with Crippen LogP contribution in [0.5, 0.6) is 0 Å². The summed E-state index contributed by atoms with van der Waals surface area (Å²) >= 11 is 0. The lowest BCUT2D eigenvalue weighted by Gasteiger charge is -2.26. The van der Waals surface area contributed by atoms with Gasteiger partial charge in [-0.1, -0.05) is 12.1 Å². The standard InChI is InChI=1S/C16H20N2O3/c1-2-21-16(19)15-10-13-12(4-3-5-14(13)17-15)11-18-6-8-20-9-7-18/h3-5,10,17H,2,6-9,11H2,1H3. The van der Waals surface area contributed by atoms with Gasteiger partial charge in [-0.15, -0.1) is 0 Å². The van der Waals surface area contributed by atoms with Gasteiger partial charge >= 0.3 is 5.97 Å². The normalized spacial score (nSPS) is 16.2. The van der Waals surface area contributed by atoms with Crippen LogP contribution in [-0.2, 0) is 16.0 Å². The molecule has 21 heavy (non-hydrogen) atoms. The van der Waals surface area contributed by atoms with E-state index in [4.69, 9.17) is 9.47 Å². The molecule has 0 aliphatic carbocycles. The average Bonchev–Trinajstić information content (AvgIpc) is 2.94. The molecule has 0 amide bonds. The molecule has 1 saturated heterocycles. The van der Waals surface area contributed by atoms with Gasteiger partial charge < -0.3 is 14.5 Å². The number of aromatic amines is 1. The Morgan fingerprint density at radius 2 is 2.19 bits per heavy atom. The minimum atomic E-state index is -0.300. The van der Waals surface area contributed by atoms with E-state index in [1.165, 1.54) is 5.56 Å². The summed E-state index contributed by atoms with van der Waals surface area (Å²) in [7, 11) is 0. The van der Waals surface area contributed by atoms with Crippen LogP contribution in [0.1, 0.15) is 23.0 Å². The van der Waals surface area contributed by atoms with Gasteiger partial charge in [0.05, 0.1) is 19.8 Å². The quantitative estimate of drug-likeness (QED) is 0.876. The summed E-state index contributed by atoms with van der Waals surface area (Å²) < 4.78 is 10.4. The zero-order chi connectivity index (χ0) is 14.7. The molecule has 3 rings (SSSR count). The fraction of sp³-hybridized carbons (Fsp3) is 0.438. The second-order valence-corrected chi connectivity index (χ2v) is 5.17. The zero-order valence-electron chi connectivity index (χ0n) is 12.2. The van der Waals surface area contributed by atoms with Crippen molar-refractivity contribution in [2.75, 3.05) is 32.9 Å². The number of carbonyl (C=O) groups is 1. The largest absolute Gasteiger partial charge is 0.461 e. The van der Waals surface area contributed by atoms with Crippen molar-refractivity contribution in [3.05, 3.63) is 35.5 Å².